The van der Waals surface area contributed by atoms with Gasteiger partial charge in [0, 0.05) is 11.5 Å². The van der Waals surface area contributed by atoms with Gasteiger partial charge in [0.05, 0.1) is 25.4 Å². The molecule has 0 saturated carbocycles. The fraction of sp³-hybridized carbons (Fsp3) is 0.500. The Bertz CT molecular complexity index is 559. The van der Waals surface area contributed by atoms with E-state index < -0.39 is 52.5 Å². The van der Waals surface area contributed by atoms with Gasteiger partial charge in [-0.15, -0.1) is 0 Å². The second-order valence-electron chi connectivity index (χ2n) is 4.83. The normalized spacial score (nSPS) is 26.2. The maximum Gasteiger partial charge on any atom is 0.180 e. The first-order valence-electron chi connectivity index (χ1n) is 6.39. The summed E-state index contributed by atoms with van der Waals surface area (Å²) in [5.74, 6) is -7.58. The van der Waals surface area contributed by atoms with Crippen molar-refractivity contribution in [2.75, 3.05) is 13.2 Å². The Kier molecular flexibility index (Phi) is 4.49. The lowest BCUT2D eigenvalue weighted by Gasteiger charge is -2.27. The number of hydrogen-bond acceptors (Lipinski definition) is 3. The lowest BCUT2D eigenvalue weighted by molar-refractivity contribution is 0.0557. The summed E-state index contributed by atoms with van der Waals surface area (Å²) in [5.41, 5.74) is -2.06. The molecule has 7 heteroatoms. The molecule has 2 rings (SSSR count). The zero-order valence-electron chi connectivity index (χ0n) is 11.4. The van der Waals surface area contributed by atoms with E-state index in [0.29, 0.717) is 0 Å². The van der Waals surface area contributed by atoms with Gasteiger partial charge in [-0.2, -0.15) is 5.26 Å². The van der Waals surface area contributed by atoms with Crippen LogP contribution in [0.25, 0.3) is 0 Å². The largest absolute Gasteiger partial charge is 0.375 e. The topological polar surface area (TPSA) is 42.2 Å². The molecule has 1 aromatic carbocycles. The van der Waals surface area contributed by atoms with Crippen molar-refractivity contribution in [2.24, 2.45) is 0 Å². The minimum Gasteiger partial charge on any atom is -0.375 e. The highest BCUT2D eigenvalue weighted by atomic mass is 19.2. The average molecular weight is 303 g/mol. The highest BCUT2D eigenvalue weighted by Gasteiger charge is 2.37. The summed E-state index contributed by atoms with van der Waals surface area (Å²) in [6.07, 6.45) is -1.39. The molecule has 3 nitrogen and oxygen atoms in total. The summed E-state index contributed by atoms with van der Waals surface area (Å²) >= 11 is 0. The van der Waals surface area contributed by atoms with E-state index in [1.165, 1.54) is 0 Å². The molecule has 2 unspecified atom stereocenters. The number of ether oxygens (including phenoxy) is 2. The van der Waals surface area contributed by atoms with Crippen molar-refractivity contribution in [3.05, 3.63) is 34.4 Å². The molecule has 2 atom stereocenters. The molecule has 0 aromatic heterocycles. The quantitative estimate of drug-likeness (QED) is 0.591. The third-order valence-electron chi connectivity index (χ3n) is 3.60. The van der Waals surface area contributed by atoms with Crippen LogP contribution in [0.4, 0.5) is 17.6 Å². The highest BCUT2D eigenvalue weighted by Crippen LogP contribution is 2.36. The molecule has 1 aliphatic rings. The average Bonchev–Trinajstić information content (AvgIpc) is 2.61. The van der Waals surface area contributed by atoms with Gasteiger partial charge in [-0.3, -0.25) is 0 Å². The summed E-state index contributed by atoms with van der Waals surface area (Å²) < 4.78 is 66.3. The van der Waals surface area contributed by atoms with Crippen molar-refractivity contribution in [1.82, 2.24) is 0 Å². The molecule has 0 aliphatic carbocycles. The van der Waals surface area contributed by atoms with Gasteiger partial charge in [0.15, 0.2) is 23.3 Å². The minimum absolute atomic E-state index is 0.215. The van der Waals surface area contributed by atoms with Crippen LogP contribution < -0.4 is 0 Å². The standard InChI is InChI=1S/C14H13F4NO2/c1-6-9(7(2)21-4-3-20-6)10-13(17)11(15)8(5-19)12(16)14(10)18/h6-7,9H,3-4H2,1-2H3. The summed E-state index contributed by atoms with van der Waals surface area (Å²) in [7, 11) is 0. The zero-order chi connectivity index (χ0) is 15.7. The van der Waals surface area contributed by atoms with Crippen molar-refractivity contribution in [3.8, 4) is 6.07 Å². The van der Waals surface area contributed by atoms with Crippen LogP contribution in [0.3, 0.4) is 0 Å². The van der Waals surface area contributed by atoms with Gasteiger partial charge in [-0.1, -0.05) is 0 Å². The van der Waals surface area contributed by atoms with Gasteiger partial charge in [0.25, 0.3) is 0 Å². The van der Waals surface area contributed by atoms with Crippen LogP contribution in [-0.2, 0) is 9.47 Å². The number of nitriles is 1. The van der Waals surface area contributed by atoms with Gasteiger partial charge in [0.1, 0.15) is 11.6 Å². The van der Waals surface area contributed by atoms with Crippen LogP contribution in [0.5, 0.6) is 0 Å². The van der Waals surface area contributed by atoms with E-state index in [1.54, 1.807) is 13.8 Å². The maximum absolute atomic E-state index is 14.1. The van der Waals surface area contributed by atoms with Gasteiger partial charge in [0.2, 0.25) is 0 Å². The molecule has 1 fully saturated rings. The Balaban J connectivity index is 2.65. The van der Waals surface area contributed by atoms with E-state index in [2.05, 4.69) is 0 Å². The van der Waals surface area contributed by atoms with Gasteiger partial charge >= 0.3 is 0 Å². The molecule has 0 spiro atoms. The molecular weight excluding hydrogens is 290 g/mol. The Hall–Kier alpha value is -1.65. The van der Waals surface area contributed by atoms with Gasteiger partial charge in [-0.25, -0.2) is 17.6 Å². The van der Waals surface area contributed by atoms with Crippen LogP contribution in [0.2, 0.25) is 0 Å². The zero-order valence-corrected chi connectivity index (χ0v) is 11.4. The van der Waals surface area contributed by atoms with Crippen LogP contribution in [0, 0.1) is 34.6 Å². The summed E-state index contributed by atoms with van der Waals surface area (Å²) in [4.78, 5) is 0. The van der Waals surface area contributed by atoms with Crippen molar-refractivity contribution >= 4 is 0 Å². The molecule has 1 heterocycles. The molecule has 1 aliphatic heterocycles. The van der Waals surface area contributed by atoms with Crippen molar-refractivity contribution in [1.29, 1.82) is 5.26 Å². The van der Waals surface area contributed by atoms with Crippen LogP contribution in [0.15, 0.2) is 0 Å². The number of benzene rings is 1. The number of nitrogens with zero attached hydrogens (tertiary/aromatic N) is 1. The summed E-state index contributed by atoms with van der Waals surface area (Å²) in [6.45, 7) is 3.52. The first kappa shape index (κ1) is 15.7. The van der Waals surface area contributed by atoms with Crippen molar-refractivity contribution in [3.63, 3.8) is 0 Å². The van der Waals surface area contributed by atoms with E-state index in [0.717, 1.165) is 6.07 Å². The van der Waals surface area contributed by atoms with Gasteiger partial charge in [-0.05, 0) is 13.8 Å². The molecule has 0 bridgehead atoms. The Labute approximate surface area is 119 Å². The first-order chi connectivity index (χ1) is 9.90. The van der Waals surface area contributed by atoms with E-state index >= 15 is 0 Å². The van der Waals surface area contributed by atoms with Gasteiger partial charge < -0.3 is 9.47 Å². The SMILES string of the molecule is CC1OCCOC(C)C1c1c(F)c(F)c(C#N)c(F)c1F. The summed E-state index contributed by atoms with van der Waals surface area (Å²) in [5, 5.41) is 8.59. The lowest BCUT2D eigenvalue weighted by atomic mass is 9.87. The van der Waals surface area contributed by atoms with Crippen LogP contribution in [0.1, 0.15) is 30.9 Å². The van der Waals surface area contributed by atoms with Crippen LogP contribution >= 0.6 is 0 Å². The molecule has 0 amide bonds. The molecule has 0 radical (unpaired) electrons. The molecule has 21 heavy (non-hydrogen) atoms. The second kappa shape index (κ2) is 6.00. The maximum atomic E-state index is 14.1. The van der Waals surface area contributed by atoms with E-state index in [-0.39, 0.29) is 13.2 Å². The van der Waals surface area contributed by atoms with E-state index in [4.69, 9.17) is 14.7 Å². The monoisotopic (exact) mass is 303 g/mol. The van der Waals surface area contributed by atoms with Crippen LogP contribution in [-0.4, -0.2) is 25.4 Å². The predicted molar refractivity (Wildman–Crippen MR) is 64.6 cm³/mol. The fourth-order valence-corrected chi connectivity index (χ4v) is 2.57. The smallest absolute Gasteiger partial charge is 0.180 e. The molecular formula is C14H13F4NO2. The molecule has 1 saturated heterocycles. The number of hydrogen-bond donors (Lipinski definition) is 0. The molecule has 0 N–H and O–H groups in total. The molecule has 1 aromatic rings. The predicted octanol–water partition coefficient (Wildman–Crippen LogP) is 3.02. The number of rotatable bonds is 1. The van der Waals surface area contributed by atoms with E-state index in [1.807, 2.05) is 0 Å². The Morgan fingerprint density at radius 1 is 0.905 bits per heavy atom. The van der Waals surface area contributed by atoms with E-state index in [9.17, 15) is 17.6 Å². The second-order valence-corrected chi connectivity index (χ2v) is 4.83. The summed E-state index contributed by atoms with van der Waals surface area (Å²) in [6, 6.07) is 1.12. The number of halogens is 4. The first-order valence-corrected chi connectivity index (χ1v) is 6.39. The lowest BCUT2D eigenvalue weighted by Crippen LogP contribution is -2.29. The third kappa shape index (κ3) is 2.61. The Morgan fingerprint density at radius 2 is 1.33 bits per heavy atom. The Morgan fingerprint density at radius 3 is 1.71 bits per heavy atom. The molecule has 114 valence electrons. The van der Waals surface area contributed by atoms with Crippen molar-refractivity contribution < 1.29 is 27.0 Å². The minimum atomic E-state index is -1.70. The fourth-order valence-electron chi connectivity index (χ4n) is 2.57. The van der Waals surface area contributed by atoms with Crippen molar-refractivity contribution in [2.45, 2.75) is 32.0 Å². The third-order valence-corrected chi connectivity index (χ3v) is 3.60. The highest BCUT2D eigenvalue weighted by molar-refractivity contribution is 5.39.